The van der Waals surface area contributed by atoms with Crippen molar-refractivity contribution in [3.63, 3.8) is 0 Å². The Balaban J connectivity index is 1.21. The fraction of sp³-hybridized carbons (Fsp3) is 0. The normalized spacial score (nSPS) is 11.6. The van der Waals surface area contributed by atoms with E-state index in [1.165, 1.54) is 65.3 Å². The van der Waals surface area contributed by atoms with Crippen molar-refractivity contribution in [2.45, 2.75) is 0 Å². The Morgan fingerprint density at radius 1 is 0.300 bits per heavy atom. The molecule has 50 heavy (non-hydrogen) atoms. The molecule has 2 heteroatoms. The zero-order valence-corrected chi connectivity index (χ0v) is 27.4. The predicted octanol–water partition coefficient (Wildman–Crippen LogP) is 13.4. The largest absolute Gasteiger partial charge is 0.311 e. The molecule has 0 N–H and O–H groups in total. The quantitative estimate of drug-likeness (QED) is 0.171. The van der Waals surface area contributed by atoms with Crippen molar-refractivity contribution < 1.29 is 0 Å². The second kappa shape index (κ2) is 11.5. The highest BCUT2D eigenvalue weighted by atomic mass is 15.1. The maximum atomic E-state index is 2.51. The van der Waals surface area contributed by atoms with Crippen molar-refractivity contribution >= 4 is 71.2 Å². The Hall–Kier alpha value is -6.64. The summed E-state index contributed by atoms with van der Waals surface area (Å²) in [7, 11) is 0. The van der Waals surface area contributed by atoms with Gasteiger partial charge in [-0.15, -0.1) is 0 Å². The Morgan fingerprint density at radius 2 is 0.800 bits per heavy atom. The van der Waals surface area contributed by atoms with Crippen LogP contribution in [0.5, 0.6) is 0 Å². The van der Waals surface area contributed by atoms with Crippen LogP contribution in [0.1, 0.15) is 0 Å². The lowest BCUT2D eigenvalue weighted by molar-refractivity contribution is 1.18. The summed E-state index contributed by atoms with van der Waals surface area (Å²) in [6.45, 7) is 0. The molecule has 0 atom stereocenters. The van der Waals surface area contributed by atoms with Crippen LogP contribution < -0.4 is 4.90 Å². The molecule has 0 radical (unpaired) electrons. The first-order chi connectivity index (χ1) is 24.8. The molecule has 0 bridgehead atoms. The number of hydrogen-bond acceptors (Lipinski definition) is 1. The van der Waals surface area contributed by atoms with E-state index in [2.05, 4.69) is 204 Å². The smallest absolute Gasteiger partial charge is 0.0626 e. The van der Waals surface area contributed by atoms with Gasteiger partial charge in [-0.05, 0) is 81.2 Å². The van der Waals surface area contributed by atoms with Crippen LogP contribution in [0.15, 0.2) is 194 Å². The Kier molecular flexibility index (Phi) is 6.53. The van der Waals surface area contributed by atoms with Crippen LogP contribution in [0.25, 0.3) is 70.9 Å². The fourth-order valence-corrected chi connectivity index (χ4v) is 7.90. The maximum Gasteiger partial charge on any atom is 0.0626 e. The molecule has 0 amide bonds. The van der Waals surface area contributed by atoms with E-state index >= 15 is 0 Å². The Morgan fingerprint density at radius 3 is 1.50 bits per heavy atom. The minimum atomic E-state index is 1.10. The molecule has 1 aromatic heterocycles. The first kappa shape index (κ1) is 28.4. The third kappa shape index (κ3) is 4.43. The van der Waals surface area contributed by atoms with Crippen molar-refractivity contribution in [1.82, 2.24) is 4.57 Å². The van der Waals surface area contributed by atoms with Gasteiger partial charge in [-0.1, -0.05) is 146 Å². The van der Waals surface area contributed by atoms with E-state index in [0.717, 1.165) is 22.7 Å². The molecule has 0 saturated carbocycles. The van der Waals surface area contributed by atoms with Gasteiger partial charge in [0.15, 0.2) is 0 Å². The molecular weight excluding hydrogens is 605 g/mol. The van der Waals surface area contributed by atoms with Gasteiger partial charge in [0.25, 0.3) is 0 Å². The topological polar surface area (TPSA) is 8.17 Å². The highest BCUT2D eigenvalue weighted by Gasteiger charge is 2.21. The van der Waals surface area contributed by atoms with Crippen LogP contribution in [-0.2, 0) is 0 Å². The minimum absolute atomic E-state index is 1.10. The van der Waals surface area contributed by atoms with Crippen LogP contribution in [-0.4, -0.2) is 4.57 Å². The number of nitrogens with zero attached hydrogens (tertiary/aromatic N) is 2. The molecule has 9 aromatic carbocycles. The van der Waals surface area contributed by atoms with E-state index in [-0.39, 0.29) is 0 Å². The molecule has 0 aliphatic rings. The molecule has 0 unspecified atom stereocenters. The van der Waals surface area contributed by atoms with E-state index in [1.807, 2.05) is 0 Å². The molecular formula is C48H32N2. The maximum absolute atomic E-state index is 2.51. The zero-order valence-electron chi connectivity index (χ0n) is 27.4. The highest BCUT2D eigenvalue weighted by Crippen LogP contribution is 2.45. The van der Waals surface area contributed by atoms with Gasteiger partial charge in [0, 0.05) is 44.3 Å². The number of anilines is 3. The first-order valence-corrected chi connectivity index (χ1v) is 17.2. The molecule has 2 nitrogen and oxygen atoms in total. The summed E-state index contributed by atoms with van der Waals surface area (Å²) in [6.07, 6.45) is 0. The van der Waals surface area contributed by atoms with Gasteiger partial charge in [0.1, 0.15) is 0 Å². The molecule has 10 aromatic rings. The Labute approximate surface area is 290 Å². The fourth-order valence-electron chi connectivity index (χ4n) is 7.90. The summed E-state index contributed by atoms with van der Waals surface area (Å²) >= 11 is 0. The summed E-state index contributed by atoms with van der Waals surface area (Å²) in [5.74, 6) is 0. The lowest BCUT2D eigenvalue weighted by Crippen LogP contribution is -2.10. The Bertz CT molecular complexity index is 2830. The summed E-state index contributed by atoms with van der Waals surface area (Å²) < 4.78 is 2.51. The van der Waals surface area contributed by atoms with E-state index in [0.29, 0.717) is 0 Å². The van der Waals surface area contributed by atoms with Crippen molar-refractivity contribution in [1.29, 1.82) is 0 Å². The monoisotopic (exact) mass is 636 g/mol. The molecule has 1 heterocycles. The van der Waals surface area contributed by atoms with Crippen molar-refractivity contribution in [2.24, 2.45) is 0 Å². The molecule has 0 aliphatic heterocycles. The van der Waals surface area contributed by atoms with Crippen molar-refractivity contribution in [3.05, 3.63) is 194 Å². The van der Waals surface area contributed by atoms with E-state index < -0.39 is 0 Å². The number of benzene rings is 9. The van der Waals surface area contributed by atoms with Crippen molar-refractivity contribution in [2.75, 3.05) is 4.90 Å². The summed E-state index contributed by atoms with van der Waals surface area (Å²) in [5.41, 5.74) is 9.38. The third-order valence-electron chi connectivity index (χ3n) is 10.1. The number of rotatable bonds is 5. The number of aromatic nitrogens is 1. The minimum Gasteiger partial charge on any atom is -0.311 e. The zero-order chi connectivity index (χ0) is 33.0. The van der Waals surface area contributed by atoms with Crippen LogP contribution in [0.4, 0.5) is 17.1 Å². The summed E-state index contributed by atoms with van der Waals surface area (Å²) in [6, 6.07) is 70.3. The SMILES string of the molecule is c1ccc(-c2ccc(N(c3ccccc3)c3ccc(-n4c5c6ccccc6ccc5c5c6ccccc6c6ccccc6c54)cc3)cc2)cc1. The average molecular weight is 637 g/mol. The number of fused-ring (bicyclic) bond motifs is 10. The second-order valence-electron chi connectivity index (χ2n) is 12.9. The molecule has 234 valence electrons. The highest BCUT2D eigenvalue weighted by molar-refractivity contribution is 6.34. The average Bonchev–Trinajstić information content (AvgIpc) is 3.56. The van der Waals surface area contributed by atoms with Gasteiger partial charge in [-0.3, -0.25) is 0 Å². The van der Waals surface area contributed by atoms with Crippen LogP contribution in [0.3, 0.4) is 0 Å². The molecule has 0 aliphatic carbocycles. The molecule has 0 fully saturated rings. The predicted molar refractivity (Wildman–Crippen MR) is 213 cm³/mol. The molecule has 0 saturated heterocycles. The van der Waals surface area contributed by atoms with Crippen LogP contribution >= 0.6 is 0 Å². The van der Waals surface area contributed by atoms with Crippen molar-refractivity contribution in [3.8, 4) is 16.8 Å². The van der Waals surface area contributed by atoms with E-state index in [1.54, 1.807) is 0 Å². The van der Waals surface area contributed by atoms with Gasteiger partial charge < -0.3 is 9.47 Å². The molecule has 0 spiro atoms. The van der Waals surface area contributed by atoms with Gasteiger partial charge in [0.2, 0.25) is 0 Å². The van der Waals surface area contributed by atoms with Gasteiger partial charge in [-0.25, -0.2) is 0 Å². The van der Waals surface area contributed by atoms with Crippen LogP contribution in [0.2, 0.25) is 0 Å². The summed E-state index contributed by atoms with van der Waals surface area (Å²) in [4.78, 5) is 2.34. The molecule has 10 rings (SSSR count). The number of hydrogen-bond donors (Lipinski definition) is 0. The van der Waals surface area contributed by atoms with E-state index in [4.69, 9.17) is 0 Å². The standard InChI is InChI=1S/C48H32N2/c1-3-13-33(14-4-1)34-23-26-37(27-24-34)49(36-16-5-2-6-17-36)38-28-30-39(31-29-38)50-47-40-18-8-7-15-35(40)25-32-45(47)46-43-21-11-9-19-41(43)42-20-10-12-22-44(42)48(46)50/h1-32H. The van der Waals surface area contributed by atoms with Gasteiger partial charge in [-0.2, -0.15) is 0 Å². The lowest BCUT2D eigenvalue weighted by atomic mass is 9.96. The van der Waals surface area contributed by atoms with Gasteiger partial charge in [0.05, 0.1) is 11.0 Å². The third-order valence-corrected chi connectivity index (χ3v) is 10.1. The van der Waals surface area contributed by atoms with E-state index in [9.17, 15) is 0 Å². The lowest BCUT2D eigenvalue weighted by Gasteiger charge is -2.26. The van der Waals surface area contributed by atoms with Gasteiger partial charge >= 0.3 is 0 Å². The number of para-hydroxylation sites is 1. The first-order valence-electron chi connectivity index (χ1n) is 17.2. The second-order valence-corrected chi connectivity index (χ2v) is 12.9. The summed E-state index contributed by atoms with van der Waals surface area (Å²) in [5, 5.41) is 10.2. The van der Waals surface area contributed by atoms with Crippen LogP contribution in [0, 0.1) is 0 Å².